The van der Waals surface area contributed by atoms with Crippen LogP contribution in [0.15, 0.2) is 0 Å². The number of rotatable bonds is 5. The molecular formula is C13H25N3O3. The summed E-state index contributed by atoms with van der Waals surface area (Å²) < 4.78 is 5.47. The standard InChI is InChI=1S/C13H25N3O3/c1-13(2,3)16-11(17)6-7-15-12(18)10-5-4-9(8-14)19-10/h9-10H,4-8,14H2,1-3H3,(H,15,18)(H,16,17)/t9-,10+/m1/s1. The summed E-state index contributed by atoms with van der Waals surface area (Å²) >= 11 is 0. The van der Waals surface area contributed by atoms with E-state index in [0.29, 0.717) is 19.5 Å². The summed E-state index contributed by atoms with van der Waals surface area (Å²) in [4.78, 5) is 23.3. The van der Waals surface area contributed by atoms with Crippen LogP contribution >= 0.6 is 0 Å². The fraction of sp³-hybridized carbons (Fsp3) is 0.846. The first-order valence-electron chi connectivity index (χ1n) is 6.76. The van der Waals surface area contributed by atoms with Crippen molar-refractivity contribution in [3.63, 3.8) is 0 Å². The van der Waals surface area contributed by atoms with Gasteiger partial charge in [-0.1, -0.05) is 0 Å². The van der Waals surface area contributed by atoms with Crippen LogP contribution in [-0.2, 0) is 14.3 Å². The number of hydrogen-bond donors (Lipinski definition) is 3. The van der Waals surface area contributed by atoms with E-state index in [1.807, 2.05) is 20.8 Å². The van der Waals surface area contributed by atoms with Crippen molar-refractivity contribution < 1.29 is 14.3 Å². The number of nitrogens with two attached hydrogens (primary N) is 1. The minimum Gasteiger partial charge on any atom is -0.364 e. The Labute approximate surface area is 114 Å². The zero-order chi connectivity index (χ0) is 14.5. The molecule has 2 atom stereocenters. The van der Waals surface area contributed by atoms with E-state index < -0.39 is 6.10 Å². The van der Waals surface area contributed by atoms with Crippen molar-refractivity contribution in [3.8, 4) is 0 Å². The summed E-state index contributed by atoms with van der Waals surface area (Å²) in [6.07, 6.45) is 1.36. The average Bonchev–Trinajstić information content (AvgIpc) is 2.74. The highest BCUT2D eigenvalue weighted by molar-refractivity contribution is 5.82. The van der Waals surface area contributed by atoms with Crippen molar-refractivity contribution >= 4 is 11.8 Å². The topological polar surface area (TPSA) is 93.5 Å². The van der Waals surface area contributed by atoms with Crippen LogP contribution in [0.2, 0.25) is 0 Å². The minimum atomic E-state index is -0.417. The quantitative estimate of drug-likeness (QED) is 0.651. The van der Waals surface area contributed by atoms with Crippen LogP contribution in [0.1, 0.15) is 40.0 Å². The van der Waals surface area contributed by atoms with Gasteiger partial charge in [0.05, 0.1) is 6.10 Å². The molecule has 0 saturated carbocycles. The summed E-state index contributed by atoms with van der Waals surface area (Å²) in [5.41, 5.74) is 5.24. The lowest BCUT2D eigenvalue weighted by Gasteiger charge is -2.20. The molecule has 6 nitrogen and oxygen atoms in total. The van der Waals surface area contributed by atoms with Crippen molar-refractivity contribution in [1.29, 1.82) is 0 Å². The second-order valence-corrected chi connectivity index (χ2v) is 5.90. The van der Waals surface area contributed by atoms with E-state index in [1.54, 1.807) is 0 Å². The zero-order valence-corrected chi connectivity index (χ0v) is 12.0. The van der Waals surface area contributed by atoms with Crippen molar-refractivity contribution in [2.45, 2.75) is 57.8 Å². The molecule has 110 valence electrons. The molecule has 1 saturated heterocycles. The third kappa shape index (κ3) is 6.02. The van der Waals surface area contributed by atoms with E-state index in [0.717, 1.165) is 6.42 Å². The Morgan fingerprint density at radius 1 is 1.32 bits per heavy atom. The third-order valence-corrected chi connectivity index (χ3v) is 2.83. The van der Waals surface area contributed by atoms with Gasteiger partial charge in [-0.3, -0.25) is 9.59 Å². The Kier molecular flexibility index (Phi) is 5.75. The van der Waals surface area contributed by atoms with Crippen LogP contribution in [0.3, 0.4) is 0 Å². The zero-order valence-electron chi connectivity index (χ0n) is 12.0. The third-order valence-electron chi connectivity index (χ3n) is 2.83. The van der Waals surface area contributed by atoms with Crippen molar-refractivity contribution in [1.82, 2.24) is 10.6 Å². The number of carbonyl (C=O) groups is 2. The molecule has 2 amide bonds. The van der Waals surface area contributed by atoms with Crippen molar-refractivity contribution in [2.75, 3.05) is 13.1 Å². The van der Waals surface area contributed by atoms with E-state index in [-0.39, 0.29) is 29.9 Å². The lowest BCUT2D eigenvalue weighted by atomic mass is 10.1. The van der Waals surface area contributed by atoms with Crippen LogP contribution in [0.25, 0.3) is 0 Å². The van der Waals surface area contributed by atoms with Gasteiger partial charge in [0.2, 0.25) is 11.8 Å². The van der Waals surface area contributed by atoms with Gasteiger partial charge in [-0.25, -0.2) is 0 Å². The summed E-state index contributed by atoms with van der Waals surface area (Å²) in [6.45, 7) is 6.53. The van der Waals surface area contributed by atoms with Gasteiger partial charge in [-0.05, 0) is 33.6 Å². The van der Waals surface area contributed by atoms with E-state index in [9.17, 15) is 9.59 Å². The SMILES string of the molecule is CC(C)(C)NC(=O)CCNC(=O)[C@@H]1CC[C@H](CN)O1. The molecule has 0 unspecified atom stereocenters. The fourth-order valence-corrected chi connectivity index (χ4v) is 1.97. The van der Waals surface area contributed by atoms with Crippen molar-refractivity contribution in [2.24, 2.45) is 5.73 Å². The Hall–Kier alpha value is -1.14. The molecule has 6 heteroatoms. The molecule has 4 N–H and O–H groups in total. The first-order valence-corrected chi connectivity index (χ1v) is 6.76. The van der Waals surface area contributed by atoms with Crippen LogP contribution in [0.4, 0.5) is 0 Å². The summed E-state index contributed by atoms with van der Waals surface area (Å²) in [7, 11) is 0. The van der Waals surface area contributed by atoms with Crippen LogP contribution in [0.5, 0.6) is 0 Å². The molecule has 1 heterocycles. The van der Waals surface area contributed by atoms with Crippen LogP contribution in [0, 0.1) is 0 Å². The van der Waals surface area contributed by atoms with Crippen LogP contribution < -0.4 is 16.4 Å². The molecule has 19 heavy (non-hydrogen) atoms. The highest BCUT2D eigenvalue weighted by atomic mass is 16.5. The highest BCUT2D eigenvalue weighted by Crippen LogP contribution is 2.18. The smallest absolute Gasteiger partial charge is 0.249 e. The number of ether oxygens (including phenoxy) is 1. The Balaban J connectivity index is 2.19. The summed E-state index contributed by atoms with van der Waals surface area (Å²) in [6, 6.07) is 0. The molecule has 0 aliphatic carbocycles. The minimum absolute atomic E-state index is 0.0139. The number of carbonyl (C=O) groups excluding carboxylic acids is 2. The van der Waals surface area contributed by atoms with Gasteiger partial charge in [0.25, 0.3) is 0 Å². The van der Waals surface area contributed by atoms with Gasteiger partial charge in [0.1, 0.15) is 6.10 Å². The van der Waals surface area contributed by atoms with Gasteiger partial charge in [-0.15, -0.1) is 0 Å². The molecule has 1 fully saturated rings. The van der Waals surface area contributed by atoms with Gasteiger partial charge in [0.15, 0.2) is 0 Å². The van der Waals surface area contributed by atoms with Gasteiger partial charge in [-0.2, -0.15) is 0 Å². The predicted molar refractivity (Wildman–Crippen MR) is 72.5 cm³/mol. The van der Waals surface area contributed by atoms with Crippen molar-refractivity contribution in [3.05, 3.63) is 0 Å². The molecular weight excluding hydrogens is 246 g/mol. The average molecular weight is 271 g/mol. The lowest BCUT2D eigenvalue weighted by molar-refractivity contribution is -0.132. The fourth-order valence-electron chi connectivity index (χ4n) is 1.97. The Bertz CT molecular complexity index is 326. The molecule has 0 radical (unpaired) electrons. The van der Waals surface area contributed by atoms with E-state index in [4.69, 9.17) is 10.5 Å². The molecule has 1 aliphatic heterocycles. The van der Waals surface area contributed by atoms with Gasteiger partial charge < -0.3 is 21.1 Å². The maximum Gasteiger partial charge on any atom is 0.249 e. The molecule has 0 spiro atoms. The largest absolute Gasteiger partial charge is 0.364 e. The molecule has 1 aliphatic rings. The monoisotopic (exact) mass is 271 g/mol. The van der Waals surface area contributed by atoms with E-state index in [1.165, 1.54) is 0 Å². The van der Waals surface area contributed by atoms with Gasteiger partial charge >= 0.3 is 0 Å². The second kappa shape index (κ2) is 6.86. The Morgan fingerprint density at radius 2 is 2.00 bits per heavy atom. The van der Waals surface area contributed by atoms with Gasteiger partial charge in [0, 0.05) is 25.0 Å². The highest BCUT2D eigenvalue weighted by Gasteiger charge is 2.29. The molecule has 1 rings (SSSR count). The second-order valence-electron chi connectivity index (χ2n) is 5.90. The molecule has 0 bridgehead atoms. The number of hydrogen-bond acceptors (Lipinski definition) is 4. The predicted octanol–water partition coefficient (Wildman–Crippen LogP) is -0.0863. The molecule has 0 aromatic carbocycles. The van der Waals surface area contributed by atoms with E-state index >= 15 is 0 Å². The maximum atomic E-state index is 11.8. The summed E-state index contributed by atoms with van der Waals surface area (Å²) in [5.74, 6) is -0.223. The molecule has 0 aromatic heterocycles. The lowest BCUT2D eigenvalue weighted by Crippen LogP contribution is -2.43. The number of nitrogens with one attached hydrogen (secondary N) is 2. The molecule has 0 aromatic rings. The maximum absolute atomic E-state index is 11.8. The number of amides is 2. The van der Waals surface area contributed by atoms with E-state index in [2.05, 4.69) is 10.6 Å². The Morgan fingerprint density at radius 3 is 2.53 bits per heavy atom. The first-order chi connectivity index (χ1) is 8.81. The normalized spacial score (nSPS) is 23.2. The summed E-state index contributed by atoms with van der Waals surface area (Å²) in [5, 5.41) is 5.56. The van der Waals surface area contributed by atoms with Crippen LogP contribution in [-0.4, -0.2) is 42.7 Å². The first kappa shape index (κ1) is 15.9.